The van der Waals surface area contributed by atoms with Crippen LogP contribution >= 0.6 is 0 Å². The summed E-state index contributed by atoms with van der Waals surface area (Å²) in [6.07, 6.45) is 0. The normalized spacial score (nSPS) is 13.1. The Labute approximate surface area is 265 Å². The summed E-state index contributed by atoms with van der Waals surface area (Å²) in [5.41, 5.74) is 5.30. The topological polar surface area (TPSA) is 76.2 Å². The average molecular weight is 604 g/mol. The molecule has 3 amide bonds. The van der Waals surface area contributed by atoms with Gasteiger partial charge in [0.15, 0.2) is 0 Å². The summed E-state index contributed by atoms with van der Waals surface area (Å²) in [6.45, 7) is 9.00. The number of carbonyl (C=O) groups is 3. The molecule has 0 unspecified atom stereocenters. The zero-order valence-electron chi connectivity index (χ0n) is 26.3. The van der Waals surface area contributed by atoms with Crippen molar-refractivity contribution in [1.29, 1.82) is 0 Å². The first-order valence-electron chi connectivity index (χ1n) is 15.6. The standard InChI is InChI=1S/C37H41N5O3/c1-4-40(5-2)27-35(43)42-25-23-41(24-26-42)34-18-12-11-17-33(34)39(3)37(45)29-19-21-30(22-20-29)38-36(44)32-16-10-9-15-31(32)28-13-7-6-8-14-28/h6-22H,4-5,23-27H2,1-3H3,(H,38,44). The second-order valence-electron chi connectivity index (χ2n) is 11.1. The van der Waals surface area contributed by atoms with E-state index >= 15 is 0 Å². The van der Waals surface area contributed by atoms with Gasteiger partial charge in [-0.3, -0.25) is 19.3 Å². The molecule has 0 aromatic heterocycles. The van der Waals surface area contributed by atoms with Crippen LogP contribution in [0.1, 0.15) is 34.6 Å². The molecule has 4 aromatic rings. The molecule has 0 aliphatic carbocycles. The summed E-state index contributed by atoms with van der Waals surface area (Å²) in [7, 11) is 1.78. The van der Waals surface area contributed by atoms with Crippen LogP contribution in [0.3, 0.4) is 0 Å². The van der Waals surface area contributed by atoms with Crippen LogP contribution in [-0.2, 0) is 4.79 Å². The van der Waals surface area contributed by atoms with Gasteiger partial charge in [0.2, 0.25) is 5.91 Å². The third-order valence-electron chi connectivity index (χ3n) is 8.42. The maximum Gasteiger partial charge on any atom is 0.258 e. The smallest absolute Gasteiger partial charge is 0.258 e. The van der Waals surface area contributed by atoms with Crippen LogP contribution in [0.4, 0.5) is 17.1 Å². The Morgan fingerprint density at radius 1 is 0.733 bits per heavy atom. The Morgan fingerprint density at radius 3 is 2.04 bits per heavy atom. The zero-order chi connectivity index (χ0) is 31.8. The maximum absolute atomic E-state index is 13.6. The lowest BCUT2D eigenvalue weighted by molar-refractivity contribution is -0.132. The van der Waals surface area contributed by atoms with Crippen LogP contribution < -0.4 is 15.1 Å². The minimum absolute atomic E-state index is 0.150. The molecule has 0 atom stereocenters. The molecule has 0 spiro atoms. The summed E-state index contributed by atoms with van der Waals surface area (Å²) in [5.74, 6) is -0.198. The van der Waals surface area contributed by atoms with Gasteiger partial charge >= 0.3 is 0 Å². The lowest BCUT2D eigenvalue weighted by Gasteiger charge is -2.38. The highest BCUT2D eigenvalue weighted by Gasteiger charge is 2.25. The fraction of sp³-hybridized carbons (Fsp3) is 0.270. The summed E-state index contributed by atoms with van der Waals surface area (Å²) >= 11 is 0. The second kappa shape index (κ2) is 14.7. The van der Waals surface area contributed by atoms with Crippen molar-refractivity contribution in [1.82, 2.24) is 9.80 Å². The molecule has 45 heavy (non-hydrogen) atoms. The number of nitrogens with zero attached hydrogens (tertiary/aromatic N) is 4. The summed E-state index contributed by atoms with van der Waals surface area (Å²) in [4.78, 5) is 47.6. The van der Waals surface area contributed by atoms with Gasteiger partial charge in [0.05, 0.1) is 17.9 Å². The average Bonchev–Trinajstić information content (AvgIpc) is 3.10. The molecule has 1 fully saturated rings. The Bertz CT molecular complexity index is 1610. The van der Waals surface area contributed by atoms with Gasteiger partial charge in [0, 0.05) is 50.0 Å². The number of piperazine rings is 1. The van der Waals surface area contributed by atoms with E-state index in [1.165, 1.54) is 0 Å². The lowest BCUT2D eigenvalue weighted by Crippen LogP contribution is -2.51. The largest absolute Gasteiger partial charge is 0.366 e. The number of hydrogen-bond acceptors (Lipinski definition) is 5. The Morgan fingerprint density at radius 2 is 1.36 bits per heavy atom. The second-order valence-corrected chi connectivity index (χ2v) is 11.1. The van der Waals surface area contributed by atoms with Gasteiger partial charge in [0.25, 0.3) is 11.8 Å². The zero-order valence-corrected chi connectivity index (χ0v) is 26.3. The number of carbonyl (C=O) groups excluding carboxylic acids is 3. The first-order valence-corrected chi connectivity index (χ1v) is 15.6. The minimum atomic E-state index is -0.213. The molecule has 8 nitrogen and oxygen atoms in total. The van der Waals surface area contributed by atoms with E-state index < -0.39 is 0 Å². The van der Waals surface area contributed by atoms with Crippen molar-refractivity contribution in [3.8, 4) is 11.1 Å². The number of likely N-dealkylation sites (N-methyl/N-ethyl adjacent to an activating group) is 1. The van der Waals surface area contributed by atoms with Gasteiger partial charge in [-0.15, -0.1) is 0 Å². The van der Waals surface area contributed by atoms with Gasteiger partial charge in [-0.1, -0.05) is 74.5 Å². The number of amides is 3. The molecule has 1 N–H and O–H groups in total. The van der Waals surface area contributed by atoms with Crippen molar-refractivity contribution in [2.45, 2.75) is 13.8 Å². The monoisotopic (exact) mass is 603 g/mol. The van der Waals surface area contributed by atoms with Gasteiger partial charge < -0.3 is 20.0 Å². The molecule has 1 aliphatic heterocycles. The van der Waals surface area contributed by atoms with E-state index in [0.717, 1.165) is 35.6 Å². The molecule has 1 saturated heterocycles. The van der Waals surface area contributed by atoms with E-state index in [2.05, 4.69) is 29.0 Å². The van der Waals surface area contributed by atoms with E-state index in [4.69, 9.17) is 0 Å². The van der Waals surface area contributed by atoms with E-state index in [1.54, 1.807) is 36.2 Å². The first kappa shape index (κ1) is 31.5. The fourth-order valence-electron chi connectivity index (χ4n) is 5.70. The molecule has 1 aliphatic rings. The predicted molar refractivity (Wildman–Crippen MR) is 182 cm³/mol. The Hall–Kier alpha value is -4.95. The summed E-state index contributed by atoms with van der Waals surface area (Å²) < 4.78 is 0. The van der Waals surface area contributed by atoms with Gasteiger partial charge in [-0.05, 0) is 66.7 Å². The van der Waals surface area contributed by atoms with Gasteiger partial charge in [-0.2, -0.15) is 0 Å². The molecule has 232 valence electrons. The minimum Gasteiger partial charge on any atom is -0.366 e. The number of rotatable bonds is 10. The molecule has 0 saturated carbocycles. The quantitative estimate of drug-likeness (QED) is 0.245. The summed E-state index contributed by atoms with van der Waals surface area (Å²) in [5, 5.41) is 2.97. The highest BCUT2D eigenvalue weighted by atomic mass is 16.2. The molecular formula is C37H41N5O3. The van der Waals surface area contributed by atoms with E-state index in [0.29, 0.717) is 49.5 Å². The predicted octanol–water partition coefficient (Wildman–Crippen LogP) is 5.87. The third kappa shape index (κ3) is 7.41. The molecule has 0 radical (unpaired) electrons. The van der Waals surface area contributed by atoms with Crippen molar-refractivity contribution in [3.05, 3.63) is 114 Å². The van der Waals surface area contributed by atoms with Crippen LogP contribution in [0, 0.1) is 0 Å². The number of hydrogen-bond donors (Lipinski definition) is 1. The highest BCUT2D eigenvalue weighted by molar-refractivity contribution is 6.10. The van der Waals surface area contributed by atoms with Crippen LogP contribution in [-0.4, -0.2) is 80.4 Å². The molecule has 5 rings (SSSR count). The number of anilines is 3. The van der Waals surface area contributed by atoms with E-state index in [9.17, 15) is 14.4 Å². The molecule has 1 heterocycles. The van der Waals surface area contributed by atoms with Crippen LogP contribution in [0.25, 0.3) is 11.1 Å². The van der Waals surface area contributed by atoms with E-state index in [1.807, 2.05) is 83.8 Å². The van der Waals surface area contributed by atoms with Crippen molar-refractivity contribution in [2.75, 3.05) is 68.0 Å². The summed E-state index contributed by atoms with van der Waals surface area (Å²) in [6, 6.07) is 32.2. The Kier molecular flexibility index (Phi) is 10.3. The molecule has 4 aromatic carbocycles. The first-order chi connectivity index (χ1) is 21.9. The van der Waals surface area contributed by atoms with Crippen molar-refractivity contribution >= 4 is 34.8 Å². The Balaban J connectivity index is 1.24. The fourth-order valence-corrected chi connectivity index (χ4v) is 5.70. The third-order valence-corrected chi connectivity index (χ3v) is 8.42. The van der Waals surface area contributed by atoms with Crippen molar-refractivity contribution in [3.63, 3.8) is 0 Å². The lowest BCUT2D eigenvalue weighted by atomic mass is 9.99. The number of benzene rings is 4. The number of nitrogens with one attached hydrogen (secondary N) is 1. The SMILES string of the molecule is CCN(CC)CC(=O)N1CCN(c2ccccc2N(C)C(=O)c2ccc(NC(=O)c3ccccc3-c3ccccc3)cc2)CC1. The van der Waals surface area contributed by atoms with E-state index in [-0.39, 0.29) is 17.7 Å². The molecule has 0 bridgehead atoms. The molecule has 8 heteroatoms. The van der Waals surface area contributed by atoms with Crippen LogP contribution in [0.2, 0.25) is 0 Å². The number of para-hydroxylation sites is 2. The van der Waals surface area contributed by atoms with Gasteiger partial charge in [-0.25, -0.2) is 0 Å². The highest BCUT2D eigenvalue weighted by Crippen LogP contribution is 2.31. The van der Waals surface area contributed by atoms with Crippen LogP contribution in [0.15, 0.2) is 103 Å². The maximum atomic E-state index is 13.6. The van der Waals surface area contributed by atoms with Crippen LogP contribution in [0.5, 0.6) is 0 Å². The van der Waals surface area contributed by atoms with Gasteiger partial charge in [0.1, 0.15) is 0 Å². The van der Waals surface area contributed by atoms with Crippen molar-refractivity contribution in [2.24, 2.45) is 0 Å². The van der Waals surface area contributed by atoms with Crippen molar-refractivity contribution < 1.29 is 14.4 Å². The molecular weight excluding hydrogens is 562 g/mol.